The number of aliphatic hydroxyl groups excluding tert-OH is 1. The van der Waals surface area contributed by atoms with Crippen molar-refractivity contribution in [3.8, 4) is 0 Å². The van der Waals surface area contributed by atoms with Gasteiger partial charge in [-0.1, -0.05) is 23.7 Å². The first-order valence-corrected chi connectivity index (χ1v) is 5.13. The van der Waals surface area contributed by atoms with Gasteiger partial charge in [-0.05, 0) is 31.5 Å². The Morgan fingerprint density at radius 2 is 1.86 bits per heavy atom. The molecule has 1 aromatic carbocycles. The fourth-order valence-electron chi connectivity index (χ4n) is 1.33. The van der Waals surface area contributed by atoms with E-state index in [9.17, 15) is 0 Å². The first-order chi connectivity index (χ1) is 6.63. The SMILES string of the molecule is C[C@H](CO)N[C@H](C)c1ccc(Cl)cc1. The van der Waals surface area contributed by atoms with Crippen LogP contribution in [0.1, 0.15) is 25.5 Å². The molecule has 2 N–H and O–H groups in total. The Balaban J connectivity index is 2.60. The first kappa shape index (κ1) is 11.5. The summed E-state index contributed by atoms with van der Waals surface area (Å²) in [4.78, 5) is 0. The fourth-order valence-corrected chi connectivity index (χ4v) is 1.45. The molecule has 0 spiro atoms. The average molecular weight is 214 g/mol. The minimum Gasteiger partial charge on any atom is -0.395 e. The summed E-state index contributed by atoms with van der Waals surface area (Å²) >= 11 is 5.79. The molecule has 0 aromatic heterocycles. The number of nitrogens with one attached hydrogen (secondary N) is 1. The maximum absolute atomic E-state index is 8.89. The van der Waals surface area contributed by atoms with Crippen molar-refractivity contribution < 1.29 is 5.11 Å². The van der Waals surface area contributed by atoms with Gasteiger partial charge in [-0.25, -0.2) is 0 Å². The molecule has 0 saturated heterocycles. The lowest BCUT2D eigenvalue weighted by atomic mass is 10.1. The monoisotopic (exact) mass is 213 g/mol. The second-order valence-corrected chi connectivity index (χ2v) is 3.96. The highest BCUT2D eigenvalue weighted by molar-refractivity contribution is 6.30. The molecular formula is C11H16ClNO. The molecule has 0 radical (unpaired) electrons. The zero-order chi connectivity index (χ0) is 10.6. The van der Waals surface area contributed by atoms with E-state index in [1.807, 2.05) is 31.2 Å². The molecule has 78 valence electrons. The smallest absolute Gasteiger partial charge is 0.0582 e. The number of hydrogen-bond acceptors (Lipinski definition) is 2. The number of halogens is 1. The highest BCUT2D eigenvalue weighted by Crippen LogP contribution is 2.16. The van der Waals surface area contributed by atoms with Gasteiger partial charge in [-0.15, -0.1) is 0 Å². The third-order valence-corrected chi connectivity index (χ3v) is 2.43. The quantitative estimate of drug-likeness (QED) is 0.805. The maximum Gasteiger partial charge on any atom is 0.0582 e. The van der Waals surface area contributed by atoms with Crippen LogP contribution in [0.2, 0.25) is 5.02 Å². The van der Waals surface area contributed by atoms with Crippen LogP contribution in [0.3, 0.4) is 0 Å². The van der Waals surface area contributed by atoms with Crippen LogP contribution in [-0.4, -0.2) is 17.8 Å². The van der Waals surface area contributed by atoms with Gasteiger partial charge in [-0.3, -0.25) is 0 Å². The van der Waals surface area contributed by atoms with Gasteiger partial charge in [-0.2, -0.15) is 0 Å². The van der Waals surface area contributed by atoms with E-state index in [0.717, 1.165) is 5.02 Å². The predicted molar refractivity (Wildman–Crippen MR) is 59.6 cm³/mol. The van der Waals surface area contributed by atoms with Crippen LogP contribution >= 0.6 is 11.6 Å². The lowest BCUT2D eigenvalue weighted by Crippen LogP contribution is -2.31. The van der Waals surface area contributed by atoms with E-state index in [4.69, 9.17) is 16.7 Å². The fraction of sp³-hybridized carbons (Fsp3) is 0.455. The van der Waals surface area contributed by atoms with Gasteiger partial charge < -0.3 is 10.4 Å². The van der Waals surface area contributed by atoms with Crippen molar-refractivity contribution in [3.05, 3.63) is 34.9 Å². The molecule has 0 fully saturated rings. The van der Waals surface area contributed by atoms with Crippen molar-refractivity contribution in [1.82, 2.24) is 5.32 Å². The van der Waals surface area contributed by atoms with Crippen molar-refractivity contribution in [2.24, 2.45) is 0 Å². The lowest BCUT2D eigenvalue weighted by Gasteiger charge is -2.18. The Morgan fingerprint density at radius 3 is 2.36 bits per heavy atom. The van der Waals surface area contributed by atoms with Gasteiger partial charge in [0.15, 0.2) is 0 Å². The van der Waals surface area contributed by atoms with Crippen LogP contribution in [0.15, 0.2) is 24.3 Å². The third-order valence-electron chi connectivity index (χ3n) is 2.18. The molecule has 3 heteroatoms. The zero-order valence-electron chi connectivity index (χ0n) is 8.50. The number of hydrogen-bond donors (Lipinski definition) is 2. The molecular weight excluding hydrogens is 198 g/mol. The summed E-state index contributed by atoms with van der Waals surface area (Å²) in [5.41, 5.74) is 1.18. The molecule has 0 aliphatic carbocycles. The van der Waals surface area contributed by atoms with Crippen LogP contribution < -0.4 is 5.32 Å². The van der Waals surface area contributed by atoms with E-state index in [0.29, 0.717) is 0 Å². The van der Waals surface area contributed by atoms with Gasteiger partial charge in [0.05, 0.1) is 6.61 Å². The first-order valence-electron chi connectivity index (χ1n) is 4.76. The Labute approximate surface area is 89.9 Å². The average Bonchev–Trinajstić information content (AvgIpc) is 2.18. The van der Waals surface area contributed by atoms with Crippen LogP contribution in [0.25, 0.3) is 0 Å². The van der Waals surface area contributed by atoms with Crippen molar-refractivity contribution in [2.75, 3.05) is 6.61 Å². The highest BCUT2D eigenvalue weighted by Gasteiger charge is 2.07. The van der Waals surface area contributed by atoms with Gasteiger partial charge in [0.1, 0.15) is 0 Å². The van der Waals surface area contributed by atoms with Crippen LogP contribution in [-0.2, 0) is 0 Å². The van der Waals surface area contributed by atoms with E-state index >= 15 is 0 Å². The van der Waals surface area contributed by atoms with Gasteiger partial charge in [0, 0.05) is 17.1 Å². The summed E-state index contributed by atoms with van der Waals surface area (Å²) in [6.07, 6.45) is 0. The van der Waals surface area contributed by atoms with Crippen molar-refractivity contribution >= 4 is 11.6 Å². The topological polar surface area (TPSA) is 32.3 Å². The minimum absolute atomic E-state index is 0.112. The van der Waals surface area contributed by atoms with Crippen LogP contribution in [0.4, 0.5) is 0 Å². The number of rotatable bonds is 4. The third kappa shape index (κ3) is 3.29. The second kappa shape index (κ2) is 5.35. The normalized spacial score (nSPS) is 15.1. The van der Waals surface area contributed by atoms with Crippen molar-refractivity contribution in [1.29, 1.82) is 0 Å². The van der Waals surface area contributed by atoms with Crippen LogP contribution in [0.5, 0.6) is 0 Å². The van der Waals surface area contributed by atoms with Gasteiger partial charge >= 0.3 is 0 Å². The van der Waals surface area contributed by atoms with E-state index in [1.54, 1.807) is 0 Å². The summed E-state index contributed by atoms with van der Waals surface area (Å²) < 4.78 is 0. The standard InChI is InChI=1S/C11H16ClNO/c1-8(7-14)13-9(2)10-3-5-11(12)6-4-10/h3-6,8-9,13-14H,7H2,1-2H3/t8-,9-/m1/s1. The van der Waals surface area contributed by atoms with E-state index in [2.05, 4.69) is 12.2 Å². The molecule has 0 bridgehead atoms. The predicted octanol–water partition coefficient (Wildman–Crippen LogP) is 2.37. The molecule has 0 heterocycles. The Bertz CT molecular complexity index is 273. The summed E-state index contributed by atoms with van der Waals surface area (Å²) in [7, 11) is 0. The zero-order valence-corrected chi connectivity index (χ0v) is 9.25. The molecule has 14 heavy (non-hydrogen) atoms. The van der Waals surface area contributed by atoms with Gasteiger partial charge in [0.2, 0.25) is 0 Å². The summed E-state index contributed by atoms with van der Waals surface area (Å²) in [6, 6.07) is 8.07. The second-order valence-electron chi connectivity index (χ2n) is 3.52. The number of benzene rings is 1. The minimum atomic E-state index is 0.112. The largest absolute Gasteiger partial charge is 0.395 e. The maximum atomic E-state index is 8.89. The molecule has 2 atom stereocenters. The van der Waals surface area contributed by atoms with E-state index in [-0.39, 0.29) is 18.7 Å². The van der Waals surface area contributed by atoms with Crippen molar-refractivity contribution in [2.45, 2.75) is 25.9 Å². The van der Waals surface area contributed by atoms with Crippen LogP contribution in [0, 0.1) is 0 Å². The van der Waals surface area contributed by atoms with E-state index in [1.165, 1.54) is 5.56 Å². The molecule has 0 unspecified atom stereocenters. The Kier molecular flexibility index (Phi) is 4.39. The molecule has 1 rings (SSSR count). The summed E-state index contributed by atoms with van der Waals surface area (Å²) in [5.74, 6) is 0. The molecule has 0 saturated carbocycles. The molecule has 0 amide bonds. The van der Waals surface area contributed by atoms with Gasteiger partial charge in [0.25, 0.3) is 0 Å². The van der Waals surface area contributed by atoms with Crippen molar-refractivity contribution in [3.63, 3.8) is 0 Å². The molecule has 2 nitrogen and oxygen atoms in total. The number of aliphatic hydroxyl groups is 1. The highest BCUT2D eigenvalue weighted by atomic mass is 35.5. The Morgan fingerprint density at radius 1 is 1.29 bits per heavy atom. The lowest BCUT2D eigenvalue weighted by molar-refractivity contribution is 0.243. The molecule has 0 aliphatic heterocycles. The summed E-state index contributed by atoms with van der Waals surface area (Å²) in [6.45, 7) is 4.17. The molecule has 0 aliphatic rings. The Hall–Kier alpha value is -0.570. The molecule has 1 aromatic rings. The van der Waals surface area contributed by atoms with E-state index < -0.39 is 0 Å². The summed E-state index contributed by atoms with van der Waals surface area (Å²) in [5, 5.41) is 12.9.